The molecular weight excluding hydrogens is 374 g/mol. The van der Waals surface area contributed by atoms with E-state index < -0.39 is 21.7 Å². The number of hydrogen-bond acceptors (Lipinski definition) is 3. The molecule has 0 unspecified atom stereocenters. The predicted molar refractivity (Wildman–Crippen MR) is 96.8 cm³/mol. The average molecular weight is 394 g/mol. The summed E-state index contributed by atoms with van der Waals surface area (Å²) in [5, 5.41) is 0. The minimum atomic E-state index is -3.75. The Hall–Kier alpha value is -2.32. The van der Waals surface area contributed by atoms with Gasteiger partial charge in [0.25, 0.3) is 5.91 Å². The van der Waals surface area contributed by atoms with Gasteiger partial charge in [-0.3, -0.25) is 4.79 Å². The van der Waals surface area contributed by atoms with Crippen LogP contribution in [0, 0.1) is 18.6 Å². The molecule has 0 spiro atoms. The molecule has 8 heteroatoms. The third kappa shape index (κ3) is 4.51. The van der Waals surface area contributed by atoms with E-state index in [1.807, 2.05) is 0 Å². The summed E-state index contributed by atoms with van der Waals surface area (Å²) in [6, 6.07) is 8.66. The van der Waals surface area contributed by atoms with Gasteiger partial charge >= 0.3 is 0 Å². The molecule has 27 heavy (non-hydrogen) atoms. The lowest BCUT2D eigenvalue weighted by Crippen LogP contribution is -2.46. The molecule has 1 amide bonds. The third-order valence-electron chi connectivity index (χ3n) is 4.65. The van der Waals surface area contributed by atoms with Crippen LogP contribution in [-0.4, -0.2) is 38.4 Å². The van der Waals surface area contributed by atoms with Gasteiger partial charge in [0.15, 0.2) is 0 Å². The summed E-state index contributed by atoms with van der Waals surface area (Å²) in [5.74, 6) is -1.20. The number of nitrogens with one attached hydrogen (secondary N) is 1. The number of likely N-dealkylation sites (tertiary alicyclic amines) is 1. The van der Waals surface area contributed by atoms with E-state index >= 15 is 0 Å². The van der Waals surface area contributed by atoms with Crippen LogP contribution in [-0.2, 0) is 10.0 Å². The second-order valence-corrected chi connectivity index (χ2v) is 8.32. The van der Waals surface area contributed by atoms with Crippen molar-refractivity contribution in [3.05, 3.63) is 65.2 Å². The molecule has 3 rings (SSSR count). The third-order valence-corrected chi connectivity index (χ3v) is 6.18. The van der Waals surface area contributed by atoms with Gasteiger partial charge in [0.2, 0.25) is 10.0 Å². The highest BCUT2D eigenvalue weighted by Crippen LogP contribution is 2.18. The molecule has 0 aromatic heterocycles. The summed E-state index contributed by atoms with van der Waals surface area (Å²) in [7, 11) is -3.75. The van der Waals surface area contributed by atoms with Crippen LogP contribution in [0.4, 0.5) is 8.78 Å². The molecular formula is C19H20F2N2O3S. The lowest BCUT2D eigenvalue weighted by Gasteiger charge is -2.32. The van der Waals surface area contributed by atoms with Crippen molar-refractivity contribution >= 4 is 15.9 Å². The number of carbonyl (C=O) groups excluding carboxylic acids is 1. The fourth-order valence-corrected chi connectivity index (χ4v) is 4.32. The fourth-order valence-electron chi connectivity index (χ4n) is 3.01. The van der Waals surface area contributed by atoms with Crippen molar-refractivity contribution < 1.29 is 22.0 Å². The zero-order valence-corrected chi connectivity index (χ0v) is 15.6. The maximum absolute atomic E-state index is 13.7. The Balaban J connectivity index is 1.60. The van der Waals surface area contributed by atoms with Gasteiger partial charge in [0.1, 0.15) is 11.6 Å². The van der Waals surface area contributed by atoms with Crippen LogP contribution < -0.4 is 4.72 Å². The summed E-state index contributed by atoms with van der Waals surface area (Å²) in [6.07, 6.45) is 0.890. The number of halogens is 2. The molecule has 0 bridgehead atoms. The number of aryl methyl sites for hydroxylation is 1. The van der Waals surface area contributed by atoms with Gasteiger partial charge < -0.3 is 4.90 Å². The van der Waals surface area contributed by atoms with E-state index in [1.54, 1.807) is 24.0 Å². The topological polar surface area (TPSA) is 66.5 Å². The summed E-state index contributed by atoms with van der Waals surface area (Å²) < 4.78 is 54.0. The van der Waals surface area contributed by atoms with Crippen LogP contribution in [0.3, 0.4) is 0 Å². The molecule has 0 saturated carbocycles. The van der Waals surface area contributed by atoms with E-state index in [0.29, 0.717) is 31.5 Å². The van der Waals surface area contributed by atoms with Crippen LogP contribution in [0.1, 0.15) is 28.8 Å². The van der Waals surface area contributed by atoms with Gasteiger partial charge in [0, 0.05) is 24.7 Å². The lowest BCUT2D eigenvalue weighted by molar-refractivity contribution is 0.0711. The smallest absolute Gasteiger partial charge is 0.253 e. The monoisotopic (exact) mass is 394 g/mol. The fraction of sp³-hybridized carbons (Fsp3) is 0.316. The molecule has 1 saturated heterocycles. The van der Waals surface area contributed by atoms with Crippen molar-refractivity contribution in [3.63, 3.8) is 0 Å². The van der Waals surface area contributed by atoms with Crippen molar-refractivity contribution in [2.24, 2.45) is 0 Å². The molecule has 5 nitrogen and oxygen atoms in total. The molecule has 0 radical (unpaired) electrons. The van der Waals surface area contributed by atoms with E-state index in [4.69, 9.17) is 0 Å². The van der Waals surface area contributed by atoms with Crippen LogP contribution in [0.25, 0.3) is 0 Å². The Morgan fingerprint density at radius 3 is 2.30 bits per heavy atom. The molecule has 0 aliphatic carbocycles. The summed E-state index contributed by atoms with van der Waals surface area (Å²) in [6.45, 7) is 2.36. The lowest BCUT2D eigenvalue weighted by atomic mass is 10.0. The van der Waals surface area contributed by atoms with Crippen molar-refractivity contribution in [1.82, 2.24) is 9.62 Å². The SMILES string of the molecule is Cc1ccc(C(=O)N2CCC(NS(=O)(=O)c3ccc(F)cc3)CC2)cc1F. The molecule has 144 valence electrons. The number of benzene rings is 2. The zero-order chi connectivity index (χ0) is 19.6. The van der Waals surface area contributed by atoms with Crippen molar-refractivity contribution in [3.8, 4) is 0 Å². The molecule has 1 aliphatic rings. The first-order chi connectivity index (χ1) is 12.8. The highest BCUT2D eigenvalue weighted by molar-refractivity contribution is 7.89. The van der Waals surface area contributed by atoms with E-state index in [0.717, 1.165) is 12.1 Å². The number of carbonyl (C=O) groups is 1. The molecule has 2 aromatic rings. The highest BCUT2D eigenvalue weighted by atomic mass is 32.2. The Bertz CT molecular complexity index is 938. The molecule has 1 N–H and O–H groups in total. The molecule has 1 aliphatic heterocycles. The summed E-state index contributed by atoms with van der Waals surface area (Å²) in [5.41, 5.74) is 0.754. The Morgan fingerprint density at radius 2 is 1.70 bits per heavy atom. The maximum atomic E-state index is 13.7. The number of amides is 1. The van der Waals surface area contributed by atoms with Gasteiger partial charge in [-0.2, -0.15) is 0 Å². The summed E-state index contributed by atoms with van der Waals surface area (Å²) >= 11 is 0. The van der Waals surface area contributed by atoms with Gasteiger partial charge in [-0.25, -0.2) is 21.9 Å². The molecule has 1 fully saturated rings. The normalized spacial score (nSPS) is 15.7. The minimum Gasteiger partial charge on any atom is -0.339 e. The molecule has 0 atom stereocenters. The quantitative estimate of drug-likeness (QED) is 0.867. The highest BCUT2D eigenvalue weighted by Gasteiger charge is 2.27. The maximum Gasteiger partial charge on any atom is 0.253 e. The largest absolute Gasteiger partial charge is 0.339 e. The van der Waals surface area contributed by atoms with E-state index in [2.05, 4.69) is 4.72 Å². The summed E-state index contributed by atoms with van der Waals surface area (Å²) in [4.78, 5) is 14.1. The Kier molecular flexibility index (Phi) is 5.57. The molecule has 1 heterocycles. The van der Waals surface area contributed by atoms with Crippen LogP contribution in [0.5, 0.6) is 0 Å². The van der Waals surface area contributed by atoms with Crippen LogP contribution in [0.2, 0.25) is 0 Å². The second-order valence-electron chi connectivity index (χ2n) is 6.61. The first-order valence-electron chi connectivity index (χ1n) is 8.59. The van der Waals surface area contributed by atoms with Crippen molar-refractivity contribution in [2.45, 2.75) is 30.7 Å². The van der Waals surface area contributed by atoms with E-state index in [1.165, 1.54) is 18.2 Å². The Morgan fingerprint density at radius 1 is 1.07 bits per heavy atom. The van der Waals surface area contributed by atoms with E-state index in [-0.39, 0.29) is 22.4 Å². The minimum absolute atomic E-state index is 0.00228. The first-order valence-corrected chi connectivity index (χ1v) is 10.1. The molecule has 2 aromatic carbocycles. The van der Waals surface area contributed by atoms with Gasteiger partial charge in [0.05, 0.1) is 4.90 Å². The van der Waals surface area contributed by atoms with Crippen LogP contribution in [0.15, 0.2) is 47.4 Å². The zero-order valence-electron chi connectivity index (χ0n) is 14.8. The number of hydrogen-bond donors (Lipinski definition) is 1. The number of rotatable bonds is 4. The van der Waals surface area contributed by atoms with E-state index in [9.17, 15) is 22.0 Å². The van der Waals surface area contributed by atoms with Gasteiger partial charge in [-0.1, -0.05) is 6.07 Å². The standard InChI is InChI=1S/C19H20F2N2O3S/c1-13-2-3-14(12-18(13)21)19(24)23-10-8-16(9-11-23)22-27(25,26)17-6-4-15(20)5-7-17/h2-7,12,16,22H,8-11H2,1H3. The number of nitrogens with zero attached hydrogens (tertiary/aromatic N) is 1. The Labute approximate surface area is 157 Å². The van der Waals surface area contributed by atoms with Crippen molar-refractivity contribution in [2.75, 3.05) is 13.1 Å². The second kappa shape index (κ2) is 7.74. The van der Waals surface area contributed by atoms with Crippen LogP contribution >= 0.6 is 0 Å². The number of piperidine rings is 1. The average Bonchev–Trinajstić information content (AvgIpc) is 2.64. The number of sulfonamides is 1. The van der Waals surface area contributed by atoms with Gasteiger partial charge in [-0.05, 0) is 61.7 Å². The predicted octanol–water partition coefficient (Wildman–Crippen LogP) is 2.86. The van der Waals surface area contributed by atoms with Crippen molar-refractivity contribution in [1.29, 1.82) is 0 Å². The first kappa shape index (κ1) is 19.4. The van der Waals surface area contributed by atoms with Gasteiger partial charge in [-0.15, -0.1) is 0 Å².